The van der Waals surface area contributed by atoms with Crippen LogP contribution in [0.1, 0.15) is 0 Å². The first-order valence-corrected chi connectivity index (χ1v) is 2.45. The Labute approximate surface area is 55.5 Å². The van der Waals surface area contributed by atoms with Crippen molar-refractivity contribution in [3.8, 4) is 0 Å². The number of aromatic nitrogens is 2. The van der Waals surface area contributed by atoms with Crippen molar-refractivity contribution in [1.29, 1.82) is 0 Å². The van der Waals surface area contributed by atoms with E-state index in [-0.39, 0.29) is 5.69 Å². The minimum absolute atomic E-state index is 0.0301. The Morgan fingerprint density at radius 3 is 3.10 bits per heavy atom. The molecule has 0 aromatic carbocycles. The lowest BCUT2D eigenvalue weighted by Gasteiger charge is -1.83. The van der Waals surface area contributed by atoms with Crippen molar-refractivity contribution in [3.63, 3.8) is 0 Å². The van der Waals surface area contributed by atoms with E-state index in [4.69, 9.17) is 0 Å². The van der Waals surface area contributed by atoms with E-state index in [1.165, 1.54) is 18.6 Å². The smallest absolute Gasteiger partial charge is 0.277 e. The summed E-state index contributed by atoms with van der Waals surface area (Å²) in [6, 6.07) is 0. The molecule has 1 N–H and O–H groups in total. The summed E-state index contributed by atoms with van der Waals surface area (Å²) in [4.78, 5) is 29.2. The van der Waals surface area contributed by atoms with Crippen LogP contribution in [0.5, 0.6) is 0 Å². The monoisotopic (exact) mass is 137 g/mol. The highest BCUT2D eigenvalue weighted by atomic mass is 16.1. The quantitative estimate of drug-likeness (QED) is 0.428. The number of H-pyrrole nitrogens is 1. The van der Waals surface area contributed by atoms with Crippen molar-refractivity contribution in [2.45, 2.75) is 0 Å². The largest absolute Gasteiger partial charge is 0.311 e. The lowest BCUT2D eigenvalue weighted by Crippen LogP contribution is -2.03. The SMILES string of the molecule is O=C=Nc1cnc[nH]c1=O. The summed E-state index contributed by atoms with van der Waals surface area (Å²) in [5.41, 5.74) is -0.476. The maximum Gasteiger partial charge on any atom is 0.277 e. The summed E-state index contributed by atoms with van der Waals surface area (Å²) < 4.78 is 0. The maximum absolute atomic E-state index is 10.6. The molecular weight excluding hydrogens is 134 g/mol. The predicted molar refractivity (Wildman–Crippen MR) is 32.6 cm³/mol. The molecule has 50 valence electrons. The Kier molecular flexibility index (Phi) is 1.72. The van der Waals surface area contributed by atoms with Gasteiger partial charge in [-0.3, -0.25) is 4.79 Å². The Morgan fingerprint density at radius 2 is 2.50 bits per heavy atom. The second-order valence-electron chi connectivity index (χ2n) is 1.47. The van der Waals surface area contributed by atoms with Crippen molar-refractivity contribution in [1.82, 2.24) is 9.97 Å². The van der Waals surface area contributed by atoms with Crippen LogP contribution in [-0.4, -0.2) is 16.0 Å². The van der Waals surface area contributed by atoms with Gasteiger partial charge in [-0.25, -0.2) is 9.78 Å². The van der Waals surface area contributed by atoms with Gasteiger partial charge >= 0.3 is 0 Å². The van der Waals surface area contributed by atoms with Crippen LogP contribution in [0.25, 0.3) is 0 Å². The number of rotatable bonds is 1. The molecule has 0 spiro atoms. The number of nitrogens with one attached hydrogen (secondary N) is 1. The van der Waals surface area contributed by atoms with Gasteiger partial charge in [0.2, 0.25) is 6.08 Å². The fourth-order valence-electron chi connectivity index (χ4n) is 0.465. The summed E-state index contributed by atoms with van der Waals surface area (Å²) in [6.45, 7) is 0. The molecule has 5 nitrogen and oxygen atoms in total. The molecule has 0 amide bonds. The zero-order valence-corrected chi connectivity index (χ0v) is 4.87. The molecule has 1 heterocycles. The van der Waals surface area contributed by atoms with Crippen molar-refractivity contribution in [3.05, 3.63) is 22.9 Å². The number of hydrogen-bond acceptors (Lipinski definition) is 4. The molecule has 1 aromatic rings. The Hall–Kier alpha value is -1.74. The minimum Gasteiger partial charge on any atom is -0.311 e. The van der Waals surface area contributed by atoms with Crippen molar-refractivity contribution in [2.24, 2.45) is 4.99 Å². The molecule has 5 heteroatoms. The van der Waals surface area contributed by atoms with Gasteiger partial charge in [-0.2, -0.15) is 4.99 Å². The molecule has 0 unspecified atom stereocenters. The topological polar surface area (TPSA) is 75.2 Å². The van der Waals surface area contributed by atoms with E-state index in [0.29, 0.717) is 0 Å². The second-order valence-corrected chi connectivity index (χ2v) is 1.47. The van der Waals surface area contributed by atoms with Crippen molar-refractivity contribution < 1.29 is 4.79 Å². The van der Waals surface area contributed by atoms with Gasteiger partial charge in [0.15, 0.2) is 5.69 Å². The first-order valence-electron chi connectivity index (χ1n) is 2.45. The lowest BCUT2D eigenvalue weighted by molar-refractivity contribution is 0.565. The van der Waals surface area contributed by atoms with Gasteiger partial charge in [0.25, 0.3) is 5.56 Å². The number of aromatic amines is 1. The lowest BCUT2D eigenvalue weighted by atomic mass is 10.5. The third kappa shape index (κ3) is 1.15. The summed E-state index contributed by atoms with van der Waals surface area (Å²) in [7, 11) is 0. The molecule has 0 aliphatic rings. The molecule has 0 aliphatic heterocycles. The van der Waals surface area contributed by atoms with Crippen LogP contribution in [0.2, 0.25) is 0 Å². The molecule has 0 bridgehead atoms. The molecule has 0 aliphatic carbocycles. The van der Waals surface area contributed by atoms with E-state index < -0.39 is 5.56 Å². The van der Waals surface area contributed by atoms with Crippen LogP contribution in [0, 0.1) is 0 Å². The molecule has 0 saturated carbocycles. The van der Waals surface area contributed by atoms with Gasteiger partial charge in [-0.15, -0.1) is 0 Å². The molecule has 0 atom stereocenters. The number of aliphatic imine (C=N–C) groups is 1. The number of carbonyl (C=O) groups excluding carboxylic acids is 1. The summed E-state index contributed by atoms with van der Waals surface area (Å²) >= 11 is 0. The van der Waals surface area contributed by atoms with E-state index in [0.717, 1.165) is 0 Å². The predicted octanol–water partition coefficient (Wildman–Crippen LogP) is -0.263. The maximum atomic E-state index is 10.6. The van der Waals surface area contributed by atoms with Gasteiger partial charge in [0, 0.05) is 0 Å². The van der Waals surface area contributed by atoms with Gasteiger partial charge in [0.1, 0.15) is 0 Å². The fourth-order valence-corrected chi connectivity index (χ4v) is 0.465. The average molecular weight is 137 g/mol. The second kappa shape index (κ2) is 2.70. The minimum atomic E-state index is -0.446. The molecule has 1 rings (SSSR count). The number of nitrogens with zero attached hydrogens (tertiary/aromatic N) is 2. The molecule has 0 saturated heterocycles. The first-order chi connectivity index (χ1) is 4.84. The molecule has 1 aromatic heterocycles. The Balaban J connectivity index is 3.28. The van der Waals surface area contributed by atoms with Gasteiger partial charge in [0.05, 0.1) is 12.5 Å². The highest BCUT2D eigenvalue weighted by Crippen LogP contribution is 1.95. The molecule has 0 radical (unpaired) electrons. The highest BCUT2D eigenvalue weighted by molar-refractivity contribution is 5.45. The van der Waals surface area contributed by atoms with Crippen LogP contribution in [0.15, 0.2) is 22.3 Å². The van der Waals surface area contributed by atoms with E-state index in [9.17, 15) is 9.59 Å². The summed E-state index contributed by atoms with van der Waals surface area (Å²) in [6.07, 6.45) is 3.64. The van der Waals surface area contributed by atoms with Gasteiger partial charge in [-0.1, -0.05) is 0 Å². The van der Waals surface area contributed by atoms with E-state index in [2.05, 4.69) is 15.0 Å². The van der Waals surface area contributed by atoms with Crippen LogP contribution >= 0.6 is 0 Å². The van der Waals surface area contributed by atoms with Crippen molar-refractivity contribution >= 4 is 11.8 Å². The van der Waals surface area contributed by atoms with E-state index in [1.54, 1.807) is 0 Å². The summed E-state index contributed by atoms with van der Waals surface area (Å²) in [5.74, 6) is 0. The standard InChI is InChI=1S/C5H3N3O2/c9-3-8-4-1-6-2-7-5(4)10/h1-2H,(H,6,7,10). The van der Waals surface area contributed by atoms with E-state index in [1.807, 2.05) is 0 Å². The zero-order chi connectivity index (χ0) is 7.40. The molecular formula is C5H3N3O2. The Morgan fingerprint density at radius 1 is 1.70 bits per heavy atom. The zero-order valence-electron chi connectivity index (χ0n) is 4.87. The van der Waals surface area contributed by atoms with Crippen LogP contribution in [0.3, 0.4) is 0 Å². The van der Waals surface area contributed by atoms with Crippen LogP contribution in [0.4, 0.5) is 5.69 Å². The first kappa shape index (κ1) is 6.38. The third-order valence-corrected chi connectivity index (χ3v) is 0.866. The van der Waals surface area contributed by atoms with Crippen LogP contribution in [-0.2, 0) is 4.79 Å². The number of isocyanates is 1. The van der Waals surface area contributed by atoms with Gasteiger partial charge in [-0.05, 0) is 0 Å². The molecule has 10 heavy (non-hydrogen) atoms. The highest BCUT2D eigenvalue weighted by Gasteiger charge is 1.92. The normalized spacial score (nSPS) is 8.40. The molecule has 0 fully saturated rings. The van der Waals surface area contributed by atoms with Crippen molar-refractivity contribution in [2.75, 3.05) is 0 Å². The third-order valence-electron chi connectivity index (χ3n) is 0.866. The average Bonchev–Trinajstić information content (AvgIpc) is 1.94. The Bertz CT molecular complexity index is 324. The van der Waals surface area contributed by atoms with Crippen LogP contribution < -0.4 is 5.56 Å². The fraction of sp³-hybridized carbons (Fsp3) is 0. The van der Waals surface area contributed by atoms with E-state index >= 15 is 0 Å². The number of hydrogen-bond donors (Lipinski definition) is 1. The summed E-state index contributed by atoms with van der Waals surface area (Å²) in [5, 5.41) is 0. The van der Waals surface area contributed by atoms with Gasteiger partial charge < -0.3 is 4.98 Å².